The van der Waals surface area contributed by atoms with E-state index in [1.54, 1.807) is 12.1 Å². The molecule has 4 rings (SSSR count). The van der Waals surface area contributed by atoms with Gasteiger partial charge in [-0.15, -0.1) is 0 Å². The number of halogens is 1. The molecule has 1 fully saturated rings. The second kappa shape index (κ2) is 6.98. The monoisotopic (exact) mass is 480 g/mol. The molecule has 0 unspecified atom stereocenters. The van der Waals surface area contributed by atoms with Gasteiger partial charge in [0.1, 0.15) is 0 Å². The highest BCUT2D eigenvalue weighted by Crippen LogP contribution is 2.29. The predicted molar refractivity (Wildman–Crippen MR) is 113 cm³/mol. The van der Waals surface area contributed by atoms with Crippen LogP contribution in [0.5, 0.6) is 0 Å². The van der Waals surface area contributed by atoms with Crippen molar-refractivity contribution in [3.8, 4) is 0 Å². The van der Waals surface area contributed by atoms with Gasteiger partial charge in [0.05, 0.1) is 10.4 Å². The number of para-hydroxylation sites is 1. The molecule has 6 heteroatoms. The van der Waals surface area contributed by atoms with Gasteiger partial charge in [-0.05, 0) is 91.3 Å². The summed E-state index contributed by atoms with van der Waals surface area (Å²) < 4.78 is 28.9. The fourth-order valence-electron chi connectivity index (χ4n) is 3.79. The molecule has 0 spiro atoms. The lowest BCUT2D eigenvalue weighted by atomic mass is 10.0. The Morgan fingerprint density at radius 1 is 1.12 bits per heavy atom. The molecule has 0 radical (unpaired) electrons. The van der Waals surface area contributed by atoms with Crippen LogP contribution < -0.4 is 0 Å². The Morgan fingerprint density at radius 3 is 2.54 bits per heavy atom. The van der Waals surface area contributed by atoms with Gasteiger partial charge in [-0.1, -0.05) is 18.2 Å². The number of hydrogen-bond acceptors (Lipinski definition) is 3. The van der Waals surface area contributed by atoms with Crippen molar-refractivity contribution in [1.29, 1.82) is 0 Å². The first-order valence-corrected chi connectivity index (χ1v) is 11.3. The lowest BCUT2D eigenvalue weighted by Gasteiger charge is -2.18. The Hall–Kier alpha value is -1.38. The third kappa shape index (κ3) is 3.18. The number of aromatic nitrogens is 1. The molecule has 1 aromatic heterocycles. The summed E-state index contributed by atoms with van der Waals surface area (Å²) in [6.45, 7) is 1.12. The van der Waals surface area contributed by atoms with Crippen molar-refractivity contribution >= 4 is 43.5 Å². The first-order chi connectivity index (χ1) is 12.5. The quantitative estimate of drug-likeness (QED) is 0.528. The standard InChI is InChI=1S/C20H21IN2O2S/c1-22-12-4-5-17(22)13-15-14-23(20-7-3-2-6-19(15)20)26(24,25)18-10-8-16(21)9-11-18/h2-3,6-11,14,17H,4-5,12-13H2,1H3/t17-/m0/s1. The summed E-state index contributed by atoms with van der Waals surface area (Å²) in [5, 5.41) is 1.03. The zero-order chi connectivity index (χ0) is 18.3. The number of benzene rings is 2. The molecule has 3 aromatic rings. The zero-order valence-electron chi connectivity index (χ0n) is 14.6. The van der Waals surface area contributed by atoms with Gasteiger partial charge in [0.2, 0.25) is 0 Å². The minimum absolute atomic E-state index is 0.322. The topological polar surface area (TPSA) is 42.3 Å². The van der Waals surface area contributed by atoms with Crippen LogP contribution in [-0.4, -0.2) is 36.9 Å². The van der Waals surface area contributed by atoms with Gasteiger partial charge in [-0.25, -0.2) is 12.4 Å². The van der Waals surface area contributed by atoms with Crippen LogP contribution in [0.15, 0.2) is 59.6 Å². The zero-order valence-corrected chi connectivity index (χ0v) is 17.6. The fraction of sp³-hybridized carbons (Fsp3) is 0.300. The molecule has 2 aromatic carbocycles. The van der Waals surface area contributed by atoms with Gasteiger partial charge < -0.3 is 4.90 Å². The molecule has 1 saturated heterocycles. The predicted octanol–water partition coefficient (Wildman–Crippen LogP) is 4.12. The smallest absolute Gasteiger partial charge is 0.268 e. The van der Waals surface area contributed by atoms with Gasteiger partial charge in [-0.2, -0.15) is 0 Å². The molecule has 0 amide bonds. The summed E-state index contributed by atoms with van der Waals surface area (Å²) in [7, 11) is -1.46. The molecule has 4 nitrogen and oxygen atoms in total. The number of likely N-dealkylation sites (tertiary alicyclic amines) is 1. The average molecular weight is 480 g/mol. The minimum atomic E-state index is -3.61. The molecule has 0 N–H and O–H groups in total. The Balaban J connectivity index is 1.81. The SMILES string of the molecule is CN1CCC[C@H]1Cc1cn(S(=O)(=O)c2ccc(I)cc2)c2ccccc12. The molecule has 1 atom stereocenters. The van der Waals surface area contributed by atoms with Crippen molar-refractivity contribution in [2.24, 2.45) is 0 Å². The maximum Gasteiger partial charge on any atom is 0.268 e. The van der Waals surface area contributed by atoms with E-state index in [9.17, 15) is 8.42 Å². The van der Waals surface area contributed by atoms with Crippen LogP contribution >= 0.6 is 22.6 Å². The molecular weight excluding hydrogens is 459 g/mol. The van der Waals surface area contributed by atoms with Gasteiger partial charge in [0.25, 0.3) is 10.0 Å². The van der Waals surface area contributed by atoms with Crippen LogP contribution in [0.25, 0.3) is 10.9 Å². The third-order valence-corrected chi connectivity index (χ3v) is 7.67. The fourth-order valence-corrected chi connectivity index (χ4v) is 5.54. The molecule has 0 aliphatic carbocycles. The molecular formula is C20H21IN2O2S. The van der Waals surface area contributed by atoms with Gasteiger partial charge in [-0.3, -0.25) is 0 Å². The van der Waals surface area contributed by atoms with Crippen LogP contribution in [0.4, 0.5) is 0 Å². The van der Waals surface area contributed by atoms with Crippen LogP contribution in [0, 0.1) is 3.57 Å². The van der Waals surface area contributed by atoms with Crippen molar-refractivity contribution in [2.75, 3.05) is 13.6 Å². The van der Waals surface area contributed by atoms with Crippen molar-refractivity contribution in [3.05, 3.63) is 63.9 Å². The second-order valence-electron chi connectivity index (χ2n) is 6.91. The highest BCUT2D eigenvalue weighted by atomic mass is 127. The molecule has 136 valence electrons. The Morgan fingerprint density at radius 2 is 1.85 bits per heavy atom. The van der Waals surface area contributed by atoms with Crippen molar-refractivity contribution in [1.82, 2.24) is 8.87 Å². The third-order valence-electron chi connectivity index (χ3n) is 5.26. The first kappa shape index (κ1) is 18.0. The number of likely N-dealkylation sites (N-methyl/N-ethyl adjacent to an activating group) is 1. The Kier molecular flexibility index (Phi) is 4.83. The summed E-state index contributed by atoms with van der Waals surface area (Å²) in [5.74, 6) is 0. The lowest BCUT2D eigenvalue weighted by molar-refractivity contribution is 0.310. The molecule has 1 aliphatic heterocycles. The van der Waals surface area contributed by atoms with Gasteiger partial charge in [0.15, 0.2) is 0 Å². The lowest BCUT2D eigenvalue weighted by Crippen LogP contribution is -2.26. The van der Waals surface area contributed by atoms with Crippen LogP contribution in [0.1, 0.15) is 18.4 Å². The molecule has 0 saturated carbocycles. The normalized spacial score (nSPS) is 18.6. The van der Waals surface area contributed by atoms with Crippen molar-refractivity contribution in [2.45, 2.75) is 30.2 Å². The van der Waals surface area contributed by atoms with E-state index in [1.807, 2.05) is 42.6 Å². The van der Waals surface area contributed by atoms with E-state index in [0.29, 0.717) is 10.9 Å². The van der Waals surface area contributed by atoms with E-state index < -0.39 is 10.0 Å². The highest BCUT2D eigenvalue weighted by molar-refractivity contribution is 14.1. The number of hydrogen-bond donors (Lipinski definition) is 0. The molecule has 26 heavy (non-hydrogen) atoms. The number of nitrogens with zero attached hydrogens (tertiary/aromatic N) is 2. The van der Waals surface area contributed by atoms with Gasteiger partial charge in [0, 0.05) is 21.2 Å². The van der Waals surface area contributed by atoms with Crippen molar-refractivity contribution in [3.63, 3.8) is 0 Å². The minimum Gasteiger partial charge on any atom is -0.303 e. The summed E-state index contributed by atoms with van der Waals surface area (Å²) in [6.07, 6.45) is 5.08. The van der Waals surface area contributed by atoms with E-state index >= 15 is 0 Å². The number of fused-ring (bicyclic) bond motifs is 1. The highest BCUT2D eigenvalue weighted by Gasteiger charge is 2.25. The molecule has 0 bridgehead atoms. The van der Waals surface area contributed by atoms with E-state index in [2.05, 4.69) is 34.5 Å². The molecule has 2 heterocycles. The van der Waals surface area contributed by atoms with Crippen LogP contribution in [0.3, 0.4) is 0 Å². The summed E-state index contributed by atoms with van der Waals surface area (Å²) in [4.78, 5) is 2.70. The van der Waals surface area contributed by atoms with E-state index in [-0.39, 0.29) is 0 Å². The maximum absolute atomic E-state index is 13.2. The summed E-state index contributed by atoms with van der Waals surface area (Å²) >= 11 is 2.18. The maximum atomic E-state index is 13.2. The van der Waals surface area contributed by atoms with Crippen LogP contribution in [0.2, 0.25) is 0 Å². The van der Waals surface area contributed by atoms with Crippen molar-refractivity contribution < 1.29 is 8.42 Å². The van der Waals surface area contributed by atoms with E-state index in [4.69, 9.17) is 0 Å². The molecule has 1 aliphatic rings. The average Bonchev–Trinajstić information content (AvgIpc) is 3.20. The number of rotatable bonds is 4. The second-order valence-corrected chi connectivity index (χ2v) is 9.97. The Labute approximate surface area is 168 Å². The van der Waals surface area contributed by atoms with E-state index in [1.165, 1.54) is 16.8 Å². The summed E-state index contributed by atoms with van der Waals surface area (Å²) in [5.41, 5.74) is 1.86. The van der Waals surface area contributed by atoms with Gasteiger partial charge >= 0.3 is 0 Å². The first-order valence-electron chi connectivity index (χ1n) is 8.77. The summed E-state index contributed by atoms with van der Waals surface area (Å²) in [6, 6.07) is 15.3. The Bertz CT molecular complexity index is 1040. The largest absolute Gasteiger partial charge is 0.303 e. The van der Waals surface area contributed by atoms with Crippen LogP contribution in [-0.2, 0) is 16.4 Å². The van der Waals surface area contributed by atoms with E-state index in [0.717, 1.165) is 33.0 Å².